The predicted octanol–water partition coefficient (Wildman–Crippen LogP) is -0.00530. The zero-order valence-corrected chi connectivity index (χ0v) is 9.45. The number of anilines is 1. The first-order valence-electron chi connectivity index (χ1n) is 5.55. The largest absolute Gasteiger partial charge is 0.409 e. The first-order chi connectivity index (χ1) is 8.26. The number of aliphatic hydroxyl groups excluding tert-OH is 1. The average molecular weight is 236 g/mol. The van der Waals surface area contributed by atoms with Crippen LogP contribution < -0.4 is 10.6 Å². The van der Waals surface area contributed by atoms with E-state index in [1.54, 1.807) is 18.3 Å². The molecule has 92 valence electrons. The molecule has 2 rings (SSSR count). The van der Waals surface area contributed by atoms with Crippen LogP contribution in [0, 0.1) is 5.92 Å². The van der Waals surface area contributed by atoms with Crippen molar-refractivity contribution < 1.29 is 10.3 Å². The molecule has 0 amide bonds. The summed E-state index contributed by atoms with van der Waals surface area (Å²) in [6.45, 7) is 1.76. The normalized spacial score (nSPS) is 20.9. The fourth-order valence-electron chi connectivity index (χ4n) is 2.08. The second-order valence-corrected chi connectivity index (χ2v) is 4.14. The summed E-state index contributed by atoms with van der Waals surface area (Å²) in [5, 5.41) is 20.9. The fraction of sp³-hybridized carbons (Fsp3) is 0.455. The quantitative estimate of drug-likeness (QED) is 0.297. The Morgan fingerprint density at radius 3 is 3.12 bits per heavy atom. The number of amidine groups is 1. The van der Waals surface area contributed by atoms with E-state index < -0.39 is 0 Å². The predicted molar refractivity (Wildman–Crippen MR) is 64.2 cm³/mol. The Balaban J connectivity index is 2.27. The average Bonchev–Trinajstić information content (AvgIpc) is 2.86. The van der Waals surface area contributed by atoms with Crippen molar-refractivity contribution in [1.29, 1.82) is 0 Å². The van der Waals surface area contributed by atoms with E-state index in [9.17, 15) is 0 Å². The first-order valence-corrected chi connectivity index (χ1v) is 5.55. The molecule has 1 aliphatic rings. The summed E-state index contributed by atoms with van der Waals surface area (Å²) in [4.78, 5) is 6.32. The van der Waals surface area contributed by atoms with E-state index in [1.165, 1.54) is 0 Å². The molecule has 4 N–H and O–H groups in total. The molecule has 0 radical (unpaired) electrons. The summed E-state index contributed by atoms with van der Waals surface area (Å²) in [7, 11) is 0. The highest BCUT2D eigenvalue weighted by atomic mass is 16.4. The van der Waals surface area contributed by atoms with Crippen LogP contribution in [0.1, 0.15) is 12.0 Å². The Morgan fingerprint density at radius 2 is 2.47 bits per heavy atom. The molecule has 17 heavy (non-hydrogen) atoms. The number of rotatable bonds is 3. The van der Waals surface area contributed by atoms with E-state index in [2.05, 4.69) is 10.1 Å². The third-order valence-electron chi connectivity index (χ3n) is 3.01. The third-order valence-corrected chi connectivity index (χ3v) is 3.01. The molecule has 6 nitrogen and oxygen atoms in total. The van der Waals surface area contributed by atoms with Crippen molar-refractivity contribution in [3.63, 3.8) is 0 Å². The van der Waals surface area contributed by atoms with Crippen molar-refractivity contribution >= 4 is 11.7 Å². The molecule has 0 spiro atoms. The molecule has 0 saturated carbocycles. The molecule has 0 bridgehead atoms. The number of pyridine rings is 1. The van der Waals surface area contributed by atoms with E-state index >= 15 is 0 Å². The van der Waals surface area contributed by atoms with Gasteiger partial charge in [0.2, 0.25) is 0 Å². The number of hydrogen-bond donors (Lipinski definition) is 3. The molecular weight excluding hydrogens is 220 g/mol. The van der Waals surface area contributed by atoms with Crippen LogP contribution in [0.2, 0.25) is 0 Å². The SMILES string of the molecule is N/C(=N/O)c1cccnc1N1CCC(CO)C1. The maximum Gasteiger partial charge on any atom is 0.173 e. The molecule has 6 heteroatoms. The number of aliphatic hydroxyl groups is 1. The van der Waals surface area contributed by atoms with Gasteiger partial charge in [-0.3, -0.25) is 0 Å². The van der Waals surface area contributed by atoms with Gasteiger partial charge in [-0.2, -0.15) is 0 Å². The van der Waals surface area contributed by atoms with Crippen LogP contribution in [0.25, 0.3) is 0 Å². The highest BCUT2D eigenvalue weighted by molar-refractivity contribution is 6.01. The lowest BCUT2D eigenvalue weighted by Gasteiger charge is -2.19. The van der Waals surface area contributed by atoms with Crippen molar-refractivity contribution in [3.05, 3.63) is 23.9 Å². The molecule has 2 heterocycles. The zero-order valence-electron chi connectivity index (χ0n) is 9.45. The van der Waals surface area contributed by atoms with Crippen LogP contribution in [-0.4, -0.2) is 40.8 Å². The minimum absolute atomic E-state index is 0.0561. The van der Waals surface area contributed by atoms with Gasteiger partial charge in [0.15, 0.2) is 5.84 Å². The van der Waals surface area contributed by atoms with E-state index in [4.69, 9.17) is 16.0 Å². The summed E-state index contributed by atoms with van der Waals surface area (Å²) in [5.74, 6) is 1.04. The number of nitrogens with two attached hydrogens (primary N) is 1. The second kappa shape index (κ2) is 5.01. The van der Waals surface area contributed by atoms with E-state index in [0.29, 0.717) is 11.4 Å². The molecular formula is C11H16N4O2. The van der Waals surface area contributed by atoms with Crippen LogP contribution >= 0.6 is 0 Å². The van der Waals surface area contributed by atoms with Crippen molar-refractivity contribution in [1.82, 2.24) is 4.98 Å². The lowest BCUT2D eigenvalue weighted by Crippen LogP contribution is -2.26. The maximum absolute atomic E-state index is 9.12. The minimum Gasteiger partial charge on any atom is -0.409 e. The summed E-state index contributed by atoms with van der Waals surface area (Å²) in [6, 6.07) is 3.51. The van der Waals surface area contributed by atoms with E-state index in [-0.39, 0.29) is 18.4 Å². The van der Waals surface area contributed by atoms with Crippen LogP contribution in [0.15, 0.2) is 23.5 Å². The Bertz CT molecular complexity index is 422. The van der Waals surface area contributed by atoms with E-state index in [0.717, 1.165) is 19.5 Å². The summed E-state index contributed by atoms with van der Waals surface area (Å²) < 4.78 is 0. The Morgan fingerprint density at radius 1 is 1.65 bits per heavy atom. The van der Waals surface area contributed by atoms with Gasteiger partial charge in [-0.1, -0.05) is 5.16 Å². The summed E-state index contributed by atoms with van der Waals surface area (Å²) in [5.41, 5.74) is 6.23. The highest BCUT2D eigenvalue weighted by Gasteiger charge is 2.25. The van der Waals surface area contributed by atoms with E-state index in [1.807, 2.05) is 4.90 Å². The topological polar surface area (TPSA) is 95.0 Å². The standard InChI is InChI=1S/C11H16N4O2/c12-10(14-17)9-2-1-4-13-11(9)15-5-3-8(6-15)7-16/h1-2,4,8,16-17H,3,5-7H2,(H2,12,14). The Hall–Kier alpha value is -1.82. The van der Waals surface area contributed by atoms with Crippen LogP contribution in [0.5, 0.6) is 0 Å². The van der Waals surface area contributed by atoms with Gasteiger partial charge in [0.1, 0.15) is 5.82 Å². The Kier molecular flexibility index (Phi) is 3.43. The molecule has 1 aromatic heterocycles. The minimum atomic E-state index is 0.0561. The highest BCUT2D eigenvalue weighted by Crippen LogP contribution is 2.24. The van der Waals surface area contributed by atoms with Crippen molar-refractivity contribution in [2.75, 3.05) is 24.6 Å². The lowest BCUT2D eigenvalue weighted by molar-refractivity contribution is 0.238. The molecule has 1 aromatic rings. The van der Waals surface area contributed by atoms with Crippen LogP contribution in [0.4, 0.5) is 5.82 Å². The number of aromatic nitrogens is 1. The zero-order chi connectivity index (χ0) is 12.3. The monoisotopic (exact) mass is 236 g/mol. The van der Waals surface area contributed by atoms with Gasteiger partial charge in [0, 0.05) is 31.8 Å². The van der Waals surface area contributed by atoms with Gasteiger partial charge in [0.05, 0.1) is 5.56 Å². The van der Waals surface area contributed by atoms with Crippen LogP contribution in [-0.2, 0) is 0 Å². The molecule has 1 aliphatic heterocycles. The third kappa shape index (κ3) is 2.31. The molecule has 1 saturated heterocycles. The number of hydrogen-bond acceptors (Lipinski definition) is 5. The molecule has 0 aromatic carbocycles. The smallest absolute Gasteiger partial charge is 0.173 e. The van der Waals surface area contributed by atoms with Gasteiger partial charge in [-0.25, -0.2) is 4.98 Å². The van der Waals surface area contributed by atoms with Crippen molar-refractivity contribution in [2.24, 2.45) is 16.8 Å². The lowest BCUT2D eigenvalue weighted by atomic mass is 10.1. The number of oxime groups is 1. The van der Waals surface area contributed by atoms with Crippen LogP contribution in [0.3, 0.4) is 0 Å². The Labute approximate surface area is 99.4 Å². The molecule has 1 atom stereocenters. The van der Waals surface area contributed by atoms with Gasteiger partial charge in [0.25, 0.3) is 0 Å². The number of nitrogens with zero attached hydrogens (tertiary/aromatic N) is 3. The maximum atomic E-state index is 9.12. The van der Waals surface area contributed by atoms with Gasteiger partial charge < -0.3 is 20.9 Å². The summed E-state index contributed by atoms with van der Waals surface area (Å²) >= 11 is 0. The first kappa shape index (κ1) is 11.7. The van der Waals surface area contributed by atoms with Gasteiger partial charge in [-0.05, 0) is 18.6 Å². The molecule has 1 unspecified atom stereocenters. The molecule has 0 aliphatic carbocycles. The van der Waals surface area contributed by atoms with Crippen molar-refractivity contribution in [3.8, 4) is 0 Å². The fourth-order valence-corrected chi connectivity index (χ4v) is 2.08. The summed E-state index contributed by atoms with van der Waals surface area (Å²) in [6.07, 6.45) is 2.61. The molecule has 1 fully saturated rings. The van der Waals surface area contributed by atoms with Crippen molar-refractivity contribution in [2.45, 2.75) is 6.42 Å². The van der Waals surface area contributed by atoms with Gasteiger partial charge in [-0.15, -0.1) is 0 Å². The van der Waals surface area contributed by atoms with Gasteiger partial charge >= 0.3 is 0 Å². The second-order valence-electron chi connectivity index (χ2n) is 4.14.